The van der Waals surface area contributed by atoms with E-state index in [0.717, 1.165) is 10.3 Å². The number of hydrogen-bond donors (Lipinski definition) is 0. The number of aromatic nitrogens is 2. The molecule has 0 N–H and O–H groups in total. The van der Waals surface area contributed by atoms with Crippen LogP contribution in [0.25, 0.3) is 10.8 Å². The van der Waals surface area contributed by atoms with Crippen molar-refractivity contribution < 1.29 is 13.2 Å². The zero-order chi connectivity index (χ0) is 13.9. The Kier molecular flexibility index (Phi) is 4.09. The van der Waals surface area contributed by atoms with Crippen molar-refractivity contribution in [3.05, 3.63) is 30.5 Å². The molecule has 0 bridgehead atoms. The van der Waals surface area contributed by atoms with Crippen LogP contribution in [0.1, 0.15) is 0 Å². The molecule has 0 amide bonds. The van der Waals surface area contributed by atoms with Crippen molar-refractivity contribution >= 4 is 28.2 Å². The van der Waals surface area contributed by atoms with E-state index in [-0.39, 0.29) is 18.2 Å². The molecule has 0 unspecified atom stereocenters. The molecule has 1 heterocycles. The van der Waals surface area contributed by atoms with E-state index in [4.69, 9.17) is 11.6 Å². The van der Waals surface area contributed by atoms with Crippen molar-refractivity contribution in [2.75, 3.05) is 23.9 Å². The molecule has 0 aliphatic carbocycles. The fourth-order valence-corrected chi connectivity index (χ4v) is 2.03. The molecule has 2 rings (SSSR count). The number of anilines is 1. The number of alkyl halides is 4. The minimum absolute atomic E-state index is 0.0593. The average molecular weight is 290 g/mol. The summed E-state index contributed by atoms with van der Waals surface area (Å²) in [5.74, 6) is 0.289. The molecule has 1 aromatic heterocycles. The Balaban J connectivity index is 2.44. The Morgan fingerprint density at radius 1 is 1.21 bits per heavy atom. The SMILES string of the molecule is FC(F)(F)CN(CCCl)c1nncc2ccccc12. The van der Waals surface area contributed by atoms with E-state index in [9.17, 15) is 13.2 Å². The lowest BCUT2D eigenvalue weighted by molar-refractivity contribution is -0.119. The van der Waals surface area contributed by atoms with Gasteiger partial charge in [-0.1, -0.05) is 24.3 Å². The van der Waals surface area contributed by atoms with Gasteiger partial charge in [-0.25, -0.2) is 0 Å². The number of benzene rings is 1. The molecule has 7 heteroatoms. The summed E-state index contributed by atoms with van der Waals surface area (Å²) < 4.78 is 37.7. The van der Waals surface area contributed by atoms with Gasteiger partial charge < -0.3 is 4.90 Å². The fraction of sp³-hybridized carbons (Fsp3) is 0.333. The molecule has 1 aromatic carbocycles. The molecule has 0 saturated heterocycles. The topological polar surface area (TPSA) is 29.0 Å². The van der Waals surface area contributed by atoms with Crippen LogP contribution in [0.15, 0.2) is 30.5 Å². The number of halogens is 4. The van der Waals surface area contributed by atoms with Gasteiger partial charge in [-0.15, -0.1) is 16.7 Å². The van der Waals surface area contributed by atoms with Crippen molar-refractivity contribution in [2.24, 2.45) is 0 Å². The van der Waals surface area contributed by atoms with Crippen LogP contribution < -0.4 is 4.90 Å². The van der Waals surface area contributed by atoms with Crippen LogP contribution in [0.5, 0.6) is 0 Å². The molecule has 0 aliphatic rings. The summed E-state index contributed by atoms with van der Waals surface area (Å²) in [6.45, 7) is -1.04. The maximum absolute atomic E-state index is 12.6. The normalized spacial score (nSPS) is 11.8. The summed E-state index contributed by atoms with van der Waals surface area (Å²) in [5, 5.41) is 8.95. The summed E-state index contributed by atoms with van der Waals surface area (Å²) in [6, 6.07) is 7.04. The van der Waals surface area contributed by atoms with Crippen LogP contribution >= 0.6 is 11.6 Å². The van der Waals surface area contributed by atoms with Gasteiger partial charge in [0.25, 0.3) is 0 Å². The van der Waals surface area contributed by atoms with E-state index < -0.39 is 12.7 Å². The molecule has 3 nitrogen and oxygen atoms in total. The van der Waals surface area contributed by atoms with Gasteiger partial charge in [0.2, 0.25) is 0 Å². The molecule has 0 atom stereocenters. The monoisotopic (exact) mass is 289 g/mol. The fourth-order valence-electron chi connectivity index (χ4n) is 1.82. The molecule has 0 fully saturated rings. The predicted octanol–water partition coefficient (Wildman–Crippen LogP) is 3.24. The van der Waals surface area contributed by atoms with Gasteiger partial charge in [0.15, 0.2) is 5.82 Å². The van der Waals surface area contributed by atoms with Crippen LogP contribution in [0.4, 0.5) is 19.0 Å². The Morgan fingerprint density at radius 2 is 1.95 bits per heavy atom. The van der Waals surface area contributed by atoms with Gasteiger partial charge in [-0.3, -0.25) is 0 Å². The number of fused-ring (bicyclic) bond motifs is 1. The highest BCUT2D eigenvalue weighted by atomic mass is 35.5. The van der Waals surface area contributed by atoms with Crippen LogP contribution in [0, 0.1) is 0 Å². The Labute approximate surface area is 113 Å². The molecule has 0 aliphatic heterocycles. The van der Waals surface area contributed by atoms with Gasteiger partial charge in [-0.05, 0) is 0 Å². The van der Waals surface area contributed by atoms with E-state index in [1.807, 2.05) is 0 Å². The van der Waals surface area contributed by atoms with E-state index in [2.05, 4.69) is 10.2 Å². The quantitative estimate of drug-likeness (QED) is 0.809. The lowest BCUT2D eigenvalue weighted by atomic mass is 10.2. The first kappa shape index (κ1) is 13.9. The maximum Gasteiger partial charge on any atom is 0.405 e. The van der Waals surface area contributed by atoms with Gasteiger partial charge >= 0.3 is 6.18 Å². The van der Waals surface area contributed by atoms with Crippen molar-refractivity contribution in [2.45, 2.75) is 6.18 Å². The van der Waals surface area contributed by atoms with Gasteiger partial charge in [-0.2, -0.15) is 18.3 Å². The molecule has 0 saturated carbocycles. The Morgan fingerprint density at radius 3 is 2.63 bits per heavy atom. The molecular formula is C12H11ClF3N3. The summed E-state index contributed by atoms with van der Waals surface area (Å²) >= 11 is 5.57. The van der Waals surface area contributed by atoms with E-state index in [1.165, 1.54) is 6.20 Å². The van der Waals surface area contributed by atoms with Crippen LogP contribution in [-0.4, -0.2) is 35.3 Å². The highest BCUT2D eigenvalue weighted by molar-refractivity contribution is 6.18. The van der Waals surface area contributed by atoms with E-state index in [0.29, 0.717) is 5.39 Å². The van der Waals surface area contributed by atoms with Crippen LogP contribution in [-0.2, 0) is 0 Å². The van der Waals surface area contributed by atoms with Crippen LogP contribution in [0.3, 0.4) is 0 Å². The number of hydrogen-bond acceptors (Lipinski definition) is 3. The van der Waals surface area contributed by atoms with E-state index >= 15 is 0 Å². The number of rotatable bonds is 4. The third kappa shape index (κ3) is 3.47. The van der Waals surface area contributed by atoms with Crippen LogP contribution in [0.2, 0.25) is 0 Å². The highest BCUT2D eigenvalue weighted by Crippen LogP contribution is 2.26. The third-order valence-corrected chi connectivity index (χ3v) is 2.74. The standard InChI is InChI=1S/C12H11ClF3N3/c13-5-6-19(8-12(14,15)16)11-10-4-2-1-3-9(10)7-17-18-11/h1-4,7H,5-6,8H2. The predicted molar refractivity (Wildman–Crippen MR) is 68.5 cm³/mol. The Bertz CT molecular complexity index is 554. The van der Waals surface area contributed by atoms with Crippen molar-refractivity contribution in [1.29, 1.82) is 0 Å². The van der Waals surface area contributed by atoms with Gasteiger partial charge in [0, 0.05) is 23.2 Å². The second-order valence-corrected chi connectivity index (χ2v) is 4.36. The molecular weight excluding hydrogens is 279 g/mol. The molecule has 0 radical (unpaired) electrons. The minimum atomic E-state index is -4.31. The second kappa shape index (κ2) is 5.61. The summed E-state index contributed by atoms with van der Waals surface area (Å²) in [7, 11) is 0. The van der Waals surface area contributed by atoms with Crippen molar-refractivity contribution in [3.8, 4) is 0 Å². The first-order valence-electron chi connectivity index (χ1n) is 5.59. The lowest BCUT2D eigenvalue weighted by Crippen LogP contribution is -2.36. The third-order valence-electron chi connectivity index (χ3n) is 2.58. The zero-order valence-electron chi connectivity index (χ0n) is 9.86. The smallest absolute Gasteiger partial charge is 0.344 e. The summed E-state index contributed by atoms with van der Waals surface area (Å²) in [5.41, 5.74) is 0. The first-order valence-corrected chi connectivity index (χ1v) is 6.13. The first-order chi connectivity index (χ1) is 9.01. The van der Waals surface area contributed by atoms with Gasteiger partial charge in [0.1, 0.15) is 6.54 Å². The molecule has 19 heavy (non-hydrogen) atoms. The largest absolute Gasteiger partial charge is 0.405 e. The van der Waals surface area contributed by atoms with Crippen molar-refractivity contribution in [1.82, 2.24) is 10.2 Å². The minimum Gasteiger partial charge on any atom is -0.344 e. The van der Waals surface area contributed by atoms with Gasteiger partial charge in [0.05, 0.1) is 6.20 Å². The van der Waals surface area contributed by atoms with Crippen molar-refractivity contribution in [3.63, 3.8) is 0 Å². The number of nitrogens with zero attached hydrogens (tertiary/aromatic N) is 3. The lowest BCUT2D eigenvalue weighted by Gasteiger charge is -2.24. The maximum atomic E-state index is 12.6. The summed E-state index contributed by atoms with van der Waals surface area (Å²) in [4.78, 5) is 1.10. The Hall–Kier alpha value is -1.56. The second-order valence-electron chi connectivity index (χ2n) is 3.98. The summed E-state index contributed by atoms with van der Waals surface area (Å²) in [6.07, 6.45) is -2.80. The molecule has 2 aromatic rings. The highest BCUT2D eigenvalue weighted by Gasteiger charge is 2.31. The zero-order valence-corrected chi connectivity index (χ0v) is 10.6. The average Bonchev–Trinajstić information content (AvgIpc) is 2.36. The van der Waals surface area contributed by atoms with E-state index in [1.54, 1.807) is 24.3 Å². The molecule has 0 spiro atoms. The molecule has 102 valence electrons.